The molecule has 1 rings (SSSR count). The Hall–Kier alpha value is -3.14. The molecule has 0 aliphatic heterocycles. The van der Waals surface area contributed by atoms with Gasteiger partial charge in [-0.15, -0.1) is 5.10 Å². The molecule has 40 heavy (non-hydrogen) atoms. The second-order valence-electron chi connectivity index (χ2n) is 9.26. The lowest BCUT2D eigenvalue weighted by molar-refractivity contribution is -0.132. The maximum absolute atomic E-state index is 12.8. The summed E-state index contributed by atoms with van der Waals surface area (Å²) in [5.74, 6) is -1.19. The normalized spacial score (nSPS) is 12.6. The van der Waals surface area contributed by atoms with E-state index in [1.807, 2.05) is 0 Å². The summed E-state index contributed by atoms with van der Waals surface area (Å²) in [5, 5.41) is 15.4. The fourth-order valence-corrected chi connectivity index (χ4v) is 3.37. The van der Waals surface area contributed by atoms with Crippen molar-refractivity contribution < 1.29 is 38.1 Å². The monoisotopic (exact) mass is 571 g/mol. The number of nitrogens with two attached hydrogens (primary N) is 1. The summed E-state index contributed by atoms with van der Waals surface area (Å²) in [6, 6.07) is -2.18. The number of ketones is 1. The molecule has 15 nitrogen and oxygen atoms in total. The third kappa shape index (κ3) is 17.4. The van der Waals surface area contributed by atoms with Crippen molar-refractivity contribution in [3.05, 3.63) is 12.4 Å². The SMILES string of the molecule is CC(=O)C(CCCNC(N)=O)NC(=O)C(NC(=O)CCOCCOCCOCCOCCn1ccnn1)C(C)C. The smallest absolute Gasteiger partial charge is 0.312 e. The second-order valence-corrected chi connectivity index (χ2v) is 9.26. The van der Waals surface area contributed by atoms with Crippen LogP contribution in [0.5, 0.6) is 0 Å². The van der Waals surface area contributed by atoms with Crippen molar-refractivity contribution in [1.29, 1.82) is 0 Å². The number of rotatable bonds is 24. The molecule has 0 spiro atoms. The van der Waals surface area contributed by atoms with Crippen molar-refractivity contribution in [2.24, 2.45) is 11.7 Å². The van der Waals surface area contributed by atoms with Crippen molar-refractivity contribution in [3.63, 3.8) is 0 Å². The van der Waals surface area contributed by atoms with Gasteiger partial charge in [0.1, 0.15) is 6.04 Å². The van der Waals surface area contributed by atoms with Crippen LogP contribution in [0.1, 0.15) is 40.0 Å². The number of amides is 4. The Morgan fingerprint density at radius 3 is 2.02 bits per heavy atom. The lowest BCUT2D eigenvalue weighted by Crippen LogP contribution is -2.53. The van der Waals surface area contributed by atoms with Crippen LogP contribution in [0.25, 0.3) is 0 Å². The largest absolute Gasteiger partial charge is 0.379 e. The van der Waals surface area contributed by atoms with Crippen LogP contribution >= 0.6 is 0 Å². The average molecular weight is 572 g/mol. The number of carbonyl (C=O) groups excluding carboxylic acids is 4. The molecule has 1 heterocycles. The van der Waals surface area contributed by atoms with E-state index >= 15 is 0 Å². The first-order chi connectivity index (χ1) is 19.2. The Balaban J connectivity index is 2.10. The highest BCUT2D eigenvalue weighted by Crippen LogP contribution is 2.06. The summed E-state index contributed by atoms with van der Waals surface area (Å²) in [7, 11) is 0. The summed E-state index contributed by atoms with van der Waals surface area (Å²) in [5.41, 5.74) is 5.02. The van der Waals surface area contributed by atoms with Gasteiger partial charge in [-0.2, -0.15) is 0 Å². The number of nitrogens with one attached hydrogen (secondary N) is 3. The minimum absolute atomic E-state index is 0.0748. The Morgan fingerprint density at radius 1 is 0.900 bits per heavy atom. The Labute approximate surface area is 235 Å². The number of hydrogen-bond acceptors (Lipinski definition) is 10. The van der Waals surface area contributed by atoms with E-state index in [0.29, 0.717) is 72.2 Å². The molecule has 228 valence electrons. The van der Waals surface area contributed by atoms with Crippen molar-refractivity contribution in [2.75, 3.05) is 59.4 Å². The zero-order valence-electron chi connectivity index (χ0n) is 23.8. The fourth-order valence-electron chi connectivity index (χ4n) is 3.37. The zero-order valence-corrected chi connectivity index (χ0v) is 23.8. The van der Waals surface area contributed by atoms with E-state index in [2.05, 4.69) is 26.3 Å². The van der Waals surface area contributed by atoms with Gasteiger partial charge >= 0.3 is 6.03 Å². The van der Waals surface area contributed by atoms with Crippen LogP contribution in [-0.4, -0.2) is 110 Å². The first kappa shape index (κ1) is 34.9. The molecule has 4 amide bonds. The molecule has 2 unspecified atom stereocenters. The van der Waals surface area contributed by atoms with Gasteiger partial charge in [0, 0.05) is 19.2 Å². The highest BCUT2D eigenvalue weighted by atomic mass is 16.6. The quantitative estimate of drug-likeness (QED) is 0.116. The Morgan fingerprint density at radius 2 is 1.50 bits per heavy atom. The predicted molar refractivity (Wildman–Crippen MR) is 144 cm³/mol. The van der Waals surface area contributed by atoms with Crippen LogP contribution in [0, 0.1) is 5.92 Å². The molecule has 0 aliphatic carbocycles. The zero-order chi connectivity index (χ0) is 29.6. The summed E-state index contributed by atoms with van der Waals surface area (Å²) in [6.07, 6.45) is 4.26. The average Bonchev–Trinajstić information content (AvgIpc) is 3.42. The summed E-state index contributed by atoms with van der Waals surface area (Å²) in [6.45, 7) is 9.08. The molecule has 0 bridgehead atoms. The van der Waals surface area contributed by atoms with E-state index in [-0.39, 0.29) is 30.6 Å². The van der Waals surface area contributed by atoms with Gasteiger partial charge in [0.05, 0.1) is 71.6 Å². The van der Waals surface area contributed by atoms with Crippen LogP contribution in [0.2, 0.25) is 0 Å². The van der Waals surface area contributed by atoms with Gasteiger partial charge in [0.25, 0.3) is 0 Å². The molecular formula is C25H45N7O8. The third-order valence-electron chi connectivity index (χ3n) is 5.57. The van der Waals surface area contributed by atoms with E-state index in [0.717, 1.165) is 0 Å². The standard InChI is InChI=1S/C25H45N7O8/c1-19(2)23(24(35)29-21(20(3)33)5-4-7-27-25(26)36)30-22(34)6-11-37-13-15-39-17-18-40-16-14-38-12-10-32-9-8-28-31-32/h8-9,19,21,23H,4-7,10-18H2,1-3H3,(H,29,35)(H,30,34)(H3,26,27,36). The molecular weight excluding hydrogens is 526 g/mol. The number of primary amides is 1. The van der Waals surface area contributed by atoms with Gasteiger partial charge in [-0.05, 0) is 25.7 Å². The van der Waals surface area contributed by atoms with Crippen LogP contribution in [0.15, 0.2) is 12.4 Å². The van der Waals surface area contributed by atoms with Gasteiger partial charge in [-0.25, -0.2) is 4.79 Å². The molecule has 1 aromatic heterocycles. The van der Waals surface area contributed by atoms with Crippen molar-refractivity contribution in [2.45, 2.75) is 58.7 Å². The summed E-state index contributed by atoms with van der Waals surface area (Å²) >= 11 is 0. The minimum atomic E-state index is -0.805. The first-order valence-corrected chi connectivity index (χ1v) is 13.5. The number of nitrogens with zero attached hydrogens (tertiary/aromatic N) is 3. The van der Waals surface area contributed by atoms with Crippen LogP contribution < -0.4 is 21.7 Å². The van der Waals surface area contributed by atoms with Crippen molar-refractivity contribution >= 4 is 23.6 Å². The molecule has 5 N–H and O–H groups in total. The van der Waals surface area contributed by atoms with Crippen LogP contribution in [0.4, 0.5) is 4.79 Å². The molecule has 0 aromatic carbocycles. The van der Waals surface area contributed by atoms with Crippen LogP contribution in [-0.2, 0) is 39.9 Å². The van der Waals surface area contributed by atoms with Gasteiger partial charge in [0.15, 0.2) is 5.78 Å². The molecule has 0 radical (unpaired) electrons. The number of hydrogen-bond donors (Lipinski definition) is 4. The second kappa shape index (κ2) is 21.7. The molecule has 15 heteroatoms. The topological polar surface area (TPSA) is 198 Å². The van der Waals surface area contributed by atoms with Gasteiger partial charge in [-0.1, -0.05) is 19.1 Å². The number of urea groups is 1. The lowest BCUT2D eigenvalue weighted by Gasteiger charge is -2.24. The highest BCUT2D eigenvalue weighted by Gasteiger charge is 2.27. The molecule has 0 saturated carbocycles. The summed E-state index contributed by atoms with van der Waals surface area (Å²) < 4.78 is 23.4. The minimum Gasteiger partial charge on any atom is -0.379 e. The maximum atomic E-state index is 12.8. The predicted octanol–water partition coefficient (Wildman–Crippen LogP) is -0.602. The number of aromatic nitrogens is 3. The van der Waals surface area contributed by atoms with E-state index in [1.165, 1.54) is 6.92 Å². The van der Waals surface area contributed by atoms with E-state index < -0.39 is 24.0 Å². The maximum Gasteiger partial charge on any atom is 0.312 e. The fraction of sp³-hybridized carbons (Fsp3) is 0.760. The Kier molecular flexibility index (Phi) is 18.9. The molecule has 0 saturated heterocycles. The molecule has 0 fully saturated rings. The van der Waals surface area contributed by atoms with Crippen molar-refractivity contribution in [1.82, 2.24) is 30.9 Å². The molecule has 2 atom stereocenters. The van der Waals surface area contributed by atoms with Gasteiger partial charge in [0.2, 0.25) is 11.8 Å². The van der Waals surface area contributed by atoms with Gasteiger partial charge < -0.3 is 40.6 Å². The van der Waals surface area contributed by atoms with E-state index in [1.54, 1.807) is 30.9 Å². The third-order valence-corrected chi connectivity index (χ3v) is 5.57. The first-order valence-electron chi connectivity index (χ1n) is 13.5. The van der Waals surface area contributed by atoms with E-state index in [9.17, 15) is 19.2 Å². The van der Waals surface area contributed by atoms with Crippen molar-refractivity contribution in [3.8, 4) is 0 Å². The van der Waals surface area contributed by atoms with Gasteiger partial charge in [-0.3, -0.25) is 19.1 Å². The highest BCUT2D eigenvalue weighted by molar-refractivity contribution is 5.92. The number of ether oxygens (including phenoxy) is 4. The van der Waals surface area contributed by atoms with E-state index in [4.69, 9.17) is 24.7 Å². The molecule has 1 aromatic rings. The number of Topliss-reactive ketones (excluding diaryl/α,β-unsaturated/α-hetero) is 1. The van der Waals surface area contributed by atoms with Crippen LogP contribution in [0.3, 0.4) is 0 Å². The lowest BCUT2D eigenvalue weighted by atomic mass is 10.0. The Bertz CT molecular complexity index is 854. The molecule has 0 aliphatic rings. The summed E-state index contributed by atoms with van der Waals surface area (Å²) in [4.78, 5) is 47.8. The number of carbonyl (C=O) groups is 4.